The second kappa shape index (κ2) is 12.8. The van der Waals surface area contributed by atoms with Gasteiger partial charge in [0.15, 0.2) is 11.6 Å². The molecule has 0 unspecified atom stereocenters. The van der Waals surface area contributed by atoms with Gasteiger partial charge in [0.1, 0.15) is 11.2 Å². The molecule has 0 fully saturated rings. The predicted molar refractivity (Wildman–Crippen MR) is 254 cm³/mol. The summed E-state index contributed by atoms with van der Waals surface area (Å²) in [6.45, 7) is 0. The Morgan fingerprint density at radius 3 is 1.65 bits per heavy atom. The van der Waals surface area contributed by atoms with Crippen LogP contribution in [0.25, 0.3) is 106 Å². The van der Waals surface area contributed by atoms with Crippen molar-refractivity contribution in [3.05, 3.63) is 229 Å². The lowest BCUT2D eigenvalue weighted by Crippen LogP contribution is -2.25. The largest absolute Gasteiger partial charge is 0.456 e. The van der Waals surface area contributed by atoms with Crippen LogP contribution in [0.3, 0.4) is 0 Å². The minimum absolute atomic E-state index is 0.450. The van der Waals surface area contributed by atoms with E-state index in [0.717, 1.165) is 66.0 Å². The van der Waals surface area contributed by atoms with Gasteiger partial charge in [-0.1, -0.05) is 170 Å². The summed E-state index contributed by atoms with van der Waals surface area (Å²) in [7, 11) is 0. The van der Waals surface area contributed by atoms with Gasteiger partial charge in [0.25, 0.3) is 0 Å². The molecule has 0 aliphatic heterocycles. The molecule has 1 spiro atoms. The highest BCUT2D eigenvalue weighted by Crippen LogP contribution is 2.63. The standard InChI is InChI=1S/C58H34N4O/c1-3-16-35(17-4-1)38-24-15-29-52-54(38)43-31-30-37(32-53(43)63-52)56-59-55(36-18-5-2-6-19-36)60-57(61-56)62-50-28-14-10-23-42(50)45-33-49-44(34-51(45)62)41-22-9-13-27-48(41)58(49)46-25-11-7-20-39(46)40-21-8-12-26-47(40)58/h1-34H. The number of benzene rings is 9. The maximum atomic E-state index is 6.59. The highest BCUT2D eigenvalue weighted by molar-refractivity contribution is 6.14. The monoisotopic (exact) mass is 802 g/mol. The van der Waals surface area contributed by atoms with Crippen molar-refractivity contribution in [3.63, 3.8) is 0 Å². The van der Waals surface area contributed by atoms with E-state index in [1.54, 1.807) is 0 Å². The predicted octanol–water partition coefficient (Wildman–Crippen LogP) is 14.2. The lowest BCUT2D eigenvalue weighted by molar-refractivity contribution is 0.669. The van der Waals surface area contributed by atoms with Crippen LogP contribution in [0, 0.1) is 0 Å². The molecular weight excluding hydrogens is 769 g/mol. The van der Waals surface area contributed by atoms with Gasteiger partial charge in [-0.25, -0.2) is 4.98 Å². The maximum Gasteiger partial charge on any atom is 0.238 e. The number of aromatic nitrogens is 4. The molecule has 2 aliphatic carbocycles. The second-order valence-corrected chi connectivity index (χ2v) is 16.7. The average Bonchev–Trinajstić information content (AvgIpc) is 4.07. The highest BCUT2D eigenvalue weighted by Gasteiger charge is 2.51. The van der Waals surface area contributed by atoms with Gasteiger partial charge in [-0.15, -0.1) is 0 Å². The zero-order chi connectivity index (χ0) is 41.2. The first-order valence-electron chi connectivity index (χ1n) is 21.4. The maximum absolute atomic E-state index is 6.59. The third-order valence-electron chi connectivity index (χ3n) is 13.5. The molecule has 0 saturated carbocycles. The van der Waals surface area contributed by atoms with Crippen molar-refractivity contribution in [2.75, 3.05) is 0 Å². The van der Waals surface area contributed by atoms with Crippen LogP contribution in [0.15, 0.2) is 211 Å². The van der Waals surface area contributed by atoms with Crippen LogP contribution < -0.4 is 0 Å². The van der Waals surface area contributed by atoms with Crippen molar-refractivity contribution in [1.82, 2.24) is 19.5 Å². The number of rotatable bonds is 4. The van der Waals surface area contributed by atoms with Crippen LogP contribution in [-0.2, 0) is 5.41 Å². The summed E-state index contributed by atoms with van der Waals surface area (Å²) in [4.78, 5) is 15.8. The molecule has 0 atom stereocenters. The zero-order valence-electron chi connectivity index (χ0n) is 33.8. The van der Waals surface area contributed by atoms with Gasteiger partial charge in [-0.2, -0.15) is 9.97 Å². The van der Waals surface area contributed by atoms with Crippen molar-refractivity contribution in [1.29, 1.82) is 0 Å². The number of nitrogens with zero attached hydrogens (tertiary/aromatic N) is 4. The summed E-state index contributed by atoms with van der Waals surface area (Å²) in [5.41, 5.74) is 17.6. The van der Waals surface area contributed by atoms with Crippen LogP contribution in [0.2, 0.25) is 0 Å². The molecule has 2 aliphatic rings. The average molecular weight is 803 g/mol. The van der Waals surface area contributed by atoms with Gasteiger partial charge < -0.3 is 4.42 Å². The SMILES string of the molecule is c1ccc(-c2nc(-c3ccc4c(c3)oc3cccc(-c5ccccc5)c34)nc(-n3c4ccccc4c4cc5c(cc43)-c3ccccc3C53c4ccccc4-c4ccccc43)n2)cc1. The van der Waals surface area contributed by atoms with Crippen LogP contribution in [0.5, 0.6) is 0 Å². The second-order valence-electron chi connectivity index (χ2n) is 16.7. The fraction of sp³-hybridized carbons (Fsp3) is 0.0172. The Labute approximate surface area is 362 Å². The van der Waals surface area contributed by atoms with Crippen LogP contribution >= 0.6 is 0 Å². The Hall–Kier alpha value is -8.41. The summed E-state index contributed by atoms with van der Waals surface area (Å²) in [5.74, 6) is 1.72. The van der Waals surface area contributed by atoms with Crippen molar-refractivity contribution in [3.8, 4) is 62.1 Å². The van der Waals surface area contributed by atoms with Crippen LogP contribution in [-0.4, -0.2) is 19.5 Å². The Morgan fingerprint density at radius 1 is 0.349 bits per heavy atom. The molecule has 9 aromatic carbocycles. The number of fused-ring (bicyclic) bond motifs is 16. The van der Waals surface area contributed by atoms with E-state index in [1.165, 1.54) is 44.5 Å². The summed E-state index contributed by atoms with van der Waals surface area (Å²) in [6, 6.07) is 73.7. The van der Waals surface area contributed by atoms with Crippen molar-refractivity contribution < 1.29 is 4.42 Å². The first kappa shape index (κ1) is 34.3. The van der Waals surface area contributed by atoms with Gasteiger partial charge in [0.05, 0.1) is 16.4 Å². The third kappa shape index (κ3) is 4.68. The normalized spacial score (nSPS) is 13.2. The minimum atomic E-state index is -0.450. The Balaban J connectivity index is 1.02. The molecule has 12 aromatic rings. The van der Waals surface area contributed by atoms with Crippen molar-refractivity contribution in [2.45, 2.75) is 5.41 Å². The molecule has 5 heteroatoms. The lowest BCUT2D eigenvalue weighted by atomic mass is 9.70. The quantitative estimate of drug-likeness (QED) is 0.178. The summed E-state index contributed by atoms with van der Waals surface area (Å²) < 4.78 is 8.82. The molecule has 0 saturated heterocycles. The molecule has 14 rings (SSSR count). The van der Waals surface area contributed by atoms with E-state index in [9.17, 15) is 0 Å². The molecule has 3 aromatic heterocycles. The van der Waals surface area contributed by atoms with Gasteiger partial charge in [0.2, 0.25) is 5.95 Å². The van der Waals surface area contributed by atoms with Gasteiger partial charge >= 0.3 is 0 Å². The van der Waals surface area contributed by atoms with E-state index in [1.807, 2.05) is 30.3 Å². The number of furan rings is 1. The fourth-order valence-electron chi connectivity index (χ4n) is 10.9. The van der Waals surface area contributed by atoms with Crippen molar-refractivity contribution in [2.24, 2.45) is 0 Å². The number of hydrogen-bond donors (Lipinski definition) is 0. The van der Waals surface area contributed by atoms with E-state index in [0.29, 0.717) is 17.6 Å². The van der Waals surface area contributed by atoms with E-state index in [2.05, 4.69) is 180 Å². The lowest BCUT2D eigenvalue weighted by Gasteiger charge is -2.30. The van der Waals surface area contributed by atoms with Crippen molar-refractivity contribution >= 4 is 43.7 Å². The van der Waals surface area contributed by atoms with Gasteiger partial charge in [0, 0.05) is 32.7 Å². The van der Waals surface area contributed by atoms with Gasteiger partial charge in [-0.3, -0.25) is 4.57 Å². The number of hydrogen-bond acceptors (Lipinski definition) is 4. The van der Waals surface area contributed by atoms with E-state index in [4.69, 9.17) is 19.4 Å². The molecule has 0 amide bonds. The molecule has 292 valence electrons. The van der Waals surface area contributed by atoms with E-state index in [-0.39, 0.29) is 0 Å². The Morgan fingerprint density at radius 2 is 0.937 bits per heavy atom. The highest BCUT2D eigenvalue weighted by atomic mass is 16.3. The molecule has 0 N–H and O–H groups in total. The number of para-hydroxylation sites is 1. The molecule has 3 heterocycles. The molecule has 63 heavy (non-hydrogen) atoms. The van der Waals surface area contributed by atoms with Crippen LogP contribution in [0.4, 0.5) is 0 Å². The Bertz CT molecular complexity index is 3820. The van der Waals surface area contributed by atoms with Crippen LogP contribution in [0.1, 0.15) is 22.3 Å². The summed E-state index contributed by atoms with van der Waals surface area (Å²) in [5, 5.41) is 4.44. The van der Waals surface area contributed by atoms with E-state index < -0.39 is 5.41 Å². The minimum Gasteiger partial charge on any atom is -0.456 e. The zero-order valence-corrected chi connectivity index (χ0v) is 33.8. The Kier molecular flexibility index (Phi) is 6.97. The third-order valence-corrected chi connectivity index (χ3v) is 13.5. The smallest absolute Gasteiger partial charge is 0.238 e. The molecular formula is C58H34N4O. The first-order valence-corrected chi connectivity index (χ1v) is 21.4. The summed E-state index contributed by atoms with van der Waals surface area (Å²) in [6.07, 6.45) is 0. The van der Waals surface area contributed by atoms with Gasteiger partial charge in [-0.05, 0) is 92.0 Å². The fourth-order valence-corrected chi connectivity index (χ4v) is 10.9. The molecule has 0 bridgehead atoms. The van der Waals surface area contributed by atoms with E-state index >= 15 is 0 Å². The topological polar surface area (TPSA) is 56.7 Å². The molecule has 5 nitrogen and oxygen atoms in total. The summed E-state index contributed by atoms with van der Waals surface area (Å²) >= 11 is 0. The first-order chi connectivity index (χ1) is 31.2. The molecule has 0 radical (unpaired) electrons.